The van der Waals surface area contributed by atoms with Gasteiger partial charge in [-0.15, -0.1) is 0 Å². The quantitative estimate of drug-likeness (QED) is 0.793. The van der Waals surface area contributed by atoms with Crippen molar-refractivity contribution in [3.63, 3.8) is 0 Å². The van der Waals surface area contributed by atoms with Gasteiger partial charge in [0, 0.05) is 5.92 Å². The largest absolute Gasteiger partial charge is 0.465 e. The topological polar surface area (TPSA) is 64.6 Å². The Bertz CT molecular complexity index is 599. The van der Waals surface area contributed by atoms with Gasteiger partial charge in [0.15, 0.2) is 0 Å². The van der Waals surface area contributed by atoms with Crippen molar-refractivity contribution < 1.29 is 19.1 Å². The van der Waals surface area contributed by atoms with Crippen LogP contribution >= 0.6 is 0 Å². The van der Waals surface area contributed by atoms with Gasteiger partial charge < -0.3 is 14.8 Å². The van der Waals surface area contributed by atoms with E-state index in [0.29, 0.717) is 6.61 Å². The Labute approximate surface area is 150 Å². The van der Waals surface area contributed by atoms with E-state index in [0.717, 1.165) is 5.56 Å². The highest BCUT2D eigenvalue weighted by Crippen LogP contribution is 2.41. The van der Waals surface area contributed by atoms with Gasteiger partial charge in [0.05, 0.1) is 18.6 Å². The summed E-state index contributed by atoms with van der Waals surface area (Å²) in [6, 6.07) is 9.89. The van der Waals surface area contributed by atoms with Crippen LogP contribution < -0.4 is 5.32 Å². The fraction of sp³-hybridized carbons (Fsp3) is 0.600. The van der Waals surface area contributed by atoms with Gasteiger partial charge in [0.1, 0.15) is 6.10 Å². The standard InChI is InChI=1S/C20H29NO4/c1-13(2)12-24-16(22)11-20(5)17(15-9-7-6-8-10-15)18(14(3)4)25-19(23)21-20/h6-10,13-14,17-18H,11-12H2,1-5H3,(H,21,23)/t17-,18-,20+/m0/s1. The Kier molecular flexibility index (Phi) is 6.09. The van der Waals surface area contributed by atoms with Crippen molar-refractivity contribution in [3.05, 3.63) is 35.9 Å². The Hall–Kier alpha value is -2.04. The molecule has 1 N–H and O–H groups in total. The van der Waals surface area contributed by atoms with Crippen molar-refractivity contribution >= 4 is 12.1 Å². The molecule has 0 radical (unpaired) electrons. The predicted octanol–water partition coefficient (Wildman–Crippen LogP) is 3.88. The first-order valence-corrected chi connectivity index (χ1v) is 8.92. The molecule has 1 aromatic carbocycles. The van der Waals surface area contributed by atoms with Crippen molar-refractivity contribution in [3.8, 4) is 0 Å². The van der Waals surface area contributed by atoms with Gasteiger partial charge in [0.25, 0.3) is 0 Å². The predicted molar refractivity (Wildman–Crippen MR) is 96.2 cm³/mol. The van der Waals surface area contributed by atoms with Gasteiger partial charge in [0.2, 0.25) is 0 Å². The summed E-state index contributed by atoms with van der Waals surface area (Å²) in [5.74, 6) is -0.0449. The van der Waals surface area contributed by atoms with Gasteiger partial charge in [-0.1, -0.05) is 58.0 Å². The van der Waals surface area contributed by atoms with Crippen molar-refractivity contribution in [2.75, 3.05) is 6.61 Å². The lowest BCUT2D eigenvalue weighted by Crippen LogP contribution is -2.61. The summed E-state index contributed by atoms with van der Waals surface area (Å²) in [7, 11) is 0. The van der Waals surface area contributed by atoms with Gasteiger partial charge in [-0.25, -0.2) is 4.79 Å². The molecule has 1 saturated heterocycles. The van der Waals surface area contributed by atoms with E-state index in [1.807, 2.05) is 65.0 Å². The van der Waals surface area contributed by atoms with E-state index >= 15 is 0 Å². The Morgan fingerprint density at radius 1 is 1.24 bits per heavy atom. The zero-order valence-electron chi connectivity index (χ0n) is 15.7. The Balaban J connectivity index is 2.32. The molecular formula is C20H29NO4. The molecule has 0 spiro atoms. The van der Waals surface area contributed by atoms with Gasteiger partial charge in [-0.2, -0.15) is 0 Å². The highest BCUT2D eigenvalue weighted by molar-refractivity contribution is 5.75. The number of carbonyl (C=O) groups excluding carboxylic acids is 2. The fourth-order valence-electron chi connectivity index (χ4n) is 3.40. The number of ether oxygens (including phenoxy) is 2. The van der Waals surface area contributed by atoms with Crippen LogP contribution in [0.3, 0.4) is 0 Å². The summed E-state index contributed by atoms with van der Waals surface area (Å²) in [5, 5.41) is 2.88. The van der Waals surface area contributed by atoms with E-state index in [1.165, 1.54) is 0 Å². The van der Waals surface area contributed by atoms with Crippen LogP contribution in [0.2, 0.25) is 0 Å². The molecule has 138 valence electrons. The molecule has 5 nitrogen and oxygen atoms in total. The van der Waals surface area contributed by atoms with Crippen molar-refractivity contribution in [2.24, 2.45) is 11.8 Å². The Morgan fingerprint density at radius 3 is 2.44 bits per heavy atom. The van der Waals surface area contributed by atoms with Crippen LogP contribution in [-0.2, 0) is 14.3 Å². The molecular weight excluding hydrogens is 318 g/mol. The number of cyclic esters (lactones) is 1. The average molecular weight is 347 g/mol. The van der Waals surface area contributed by atoms with E-state index in [1.54, 1.807) is 0 Å². The second-order valence-corrected chi connectivity index (χ2v) is 7.80. The second kappa shape index (κ2) is 7.89. The smallest absolute Gasteiger partial charge is 0.407 e. The minimum Gasteiger partial charge on any atom is -0.465 e. The first-order chi connectivity index (χ1) is 11.7. The molecule has 3 atom stereocenters. The lowest BCUT2D eigenvalue weighted by Gasteiger charge is -2.47. The first-order valence-electron chi connectivity index (χ1n) is 8.92. The number of esters is 1. The summed E-state index contributed by atoms with van der Waals surface area (Å²) in [6.07, 6.45) is -0.679. The molecule has 0 unspecified atom stereocenters. The number of amides is 1. The van der Waals surface area contributed by atoms with Crippen molar-refractivity contribution in [1.29, 1.82) is 0 Å². The fourth-order valence-corrected chi connectivity index (χ4v) is 3.40. The average Bonchev–Trinajstić information content (AvgIpc) is 2.52. The molecule has 1 amide bonds. The first kappa shape index (κ1) is 19.3. The molecule has 1 aliphatic heterocycles. The van der Waals surface area contributed by atoms with Crippen LogP contribution in [0.15, 0.2) is 30.3 Å². The normalized spacial score (nSPS) is 26.3. The monoisotopic (exact) mass is 347 g/mol. The lowest BCUT2D eigenvalue weighted by molar-refractivity contribution is -0.147. The molecule has 1 aliphatic rings. The Morgan fingerprint density at radius 2 is 1.88 bits per heavy atom. The maximum Gasteiger partial charge on any atom is 0.407 e. The van der Waals surface area contributed by atoms with E-state index in [2.05, 4.69) is 5.32 Å². The molecule has 5 heteroatoms. The van der Waals surface area contributed by atoms with Gasteiger partial charge in [-0.3, -0.25) is 4.79 Å². The van der Waals surface area contributed by atoms with Gasteiger partial charge >= 0.3 is 12.1 Å². The molecule has 0 aliphatic carbocycles. The van der Waals surface area contributed by atoms with E-state index < -0.39 is 11.6 Å². The van der Waals surface area contributed by atoms with Crippen molar-refractivity contribution in [2.45, 2.75) is 58.6 Å². The maximum atomic E-state index is 12.4. The summed E-state index contributed by atoms with van der Waals surface area (Å²) in [4.78, 5) is 24.5. The summed E-state index contributed by atoms with van der Waals surface area (Å²) >= 11 is 0. The highest BCUT2D eigenvalue weighted by atomic mass is 16.6. The van der Waals surface area contributed by atoms with Crippen LogP contribution in [0.4, 0.5) is 4.79 Å². The number of benzene rings is 1. The molecule has 2 rings (SSSR count). The van der Waals surface area contributed by atoms with E-state index in [4.69, 9.17) is 9.47 Å². The molecule has 25 heavy (non-hydrogen) atoms. The SMILES string of the molecule is CC(C)COC(=O)C[C@@]1(C)NC(=O)O[C@@H](C(C)C)[C@@H]1c1ccccc1. The summed E-state index contributed by atoms with van der Waals surface area (Å²) in [6.45, 7) is 10.3. The molecule has 0 bridgehead atoms. The highest BCUT2D eigenvalue weighted by Gasteiger charge is 2.49. The lowest BCUT2D eigenvalue weighted by atomic mass is 9.71. The number of rotatable bonds is 6. The molecule has 1 heterocycles. The molecule has 1 aromatic rings. The second-order valence-electron chi connectivity index (χ2n) is 7.80. The third kappa shape index (κ3) is 4.74. The van der Waals surface area contributed by atoms with Crippen molar-refractivity contribution in [1.82, 2.24) is 5.32 Å². The number of carbonyl (C=O) groups is 2. The van der Waals surface area contributed by atoms with E-state index in [-0.39, 0.29) is 36.2 Å². The number of alkyl carbamates (subject to hydrolysis) is 1. The molecule has 0 aromatic heterocycles. The zero-order chi connectivity index (χ0) is 18.6. The number of hydrogen-bond acceptors (Lipinski definition) is 4. The minimum atomic E-state index is -0.764. The summed E-state index contributed by atoms with van der Waals surface area (Å²) in [5.41, 5.74) is 0.278. The molecule has 0 saturated carbocycles. The minimum absolute atomic E-state index is 0.109. The maximum absolute atomic E-state index is 12.4. The van der Waals surface area contributed by atoms with Crippen LogP contribution in [0.1, 0.15) is 52.5 Å². The van der Waals surface area contributed by atoms with E-state index in [9.17, 15) is 9.59 Å². The zero-order valence-corrected chi connectivity index (χ0v) is 15.7. The van der Waals surface area contributed by atoms with Gasteiger partial charge in [-0.05, 0) is 24.3 Å². The number of hydrogen-bond donors (Lipinski definition) is 1. The van der Waals surface area contributed by atoms with Crippen LogP contribution in [-0.4, -0.2) is 30.3 Å². The third-order valence-electron chi connectivity index (χ3n) is 4.55. The third-order valence-corrected chi connectivity index (χ3v) is 4.55. The van der Waals surface area contributed by atoms with Crippen LogP contribution in [0.5, 0.6) is 0 Å². The number of nitrogens with one attached hydrogen (secondary N) is 1. The molecule has 1 fully saturated rings. The summed E-state index contributed by atoms with van der Waals surface area (Å²) < 4.78 is 10.9. The van der Waals surface area contributed by atoms with Crippen LogP contribution in [0.25, 0.3) is 0 Å². The van der Waals surface area contributed by atoms with Crippen LogP contribution in [0, 0.1) is 11.8 Å².